The predicted molar refractivity (Wildman–Crippen MR) is 88.8 cm³/mol. The first kappa shape index (κ1) is 15.6. The molecule has 0 aromatic carbocycles. The molecule has 2 N–H and O–H groups in total. The van der Waals surface area contributed by atoms with Crippen LogP contribution in [0, 0.1) is 0 Å². The van der Waals surface area contributed by atoms with Crippen LogP contribution < -0.4 is 5.73 Å². The molecule has 0 bridgehead atoms. The smallest absolute Gasteiger partial charge is 0.144 e. The summed E-state index contributed by atoms with van der Waals surface area (Å²) in [5, 5.41) is 0. The van der Waals surface area contributed by atoms with Gasteiger partial charge in [-0.3, -0.25) is 9.56 Å². The zero-order valence-corrected chi connectivity index (χ0v) is 13.1. The molecule has 0 spiro atoms. The first-order valence-electron chi connectivity index (χ1n) is 6.85. The maximum atomic E-state index is 5.61. The van der Waals surface area contributed by atoms with Crippen molar-refractivity contribution in [3.05, 3.63) is 30.0 Å². The fourth-order valence-electron chi connectivity index (χ4n) is 1.99. The molecule has 7 heteroatoms. The second-order valence-electron chi connectivity index (χ2n) is 4.76. The quantitative estimate of drug-likeness (QED) is 0.520. The number of rotatable bonds is 4. The fraction of sp³-hybridized carbons (Fsp3) is 0.429. The van der Waals surface area contributed by atoms with Gasteiger partial charge < -0.3 is 10.5 Å². The summed E-state index contributed by atoms with van der Waals surface area (Å²) in [5.74, 6) is 2.45. The SMILES string of the molecule is CC(=CN)C(=NC=NC1CCOCC1)n1cnc(C=P)c1. The molecule has 0 aliphatic carbocycles. The van der Waals surface area contributed by atoms with E-state index in [1.165, 1.54) is 6.20 Å². The van der Waals surface area contributed by atoms with Crippen LogP contribution in [0.25, 0.3) is 0 Å². The van der Waals surface area contributed by atoms with Crippen LogP contribution in [0.3, 0.4) is 0 Å². The monoisotopic (exact) mass is 305 g/mol. The molecule has 1 fully saturated rings. The lowest BCUT2D eigenvalue weighted by Gasteiger charge is -2.17. The lowest BCUT2D eigenvalue weighted by atomic mass is 10.1. The highest BCUT2D eigenvalue weighted by Crippen LogP contribution is 2.10. The van der Waals surface area contributed by atoms with E-state index in [-0.39, 0.29) is 0 Å². The van der Waals surface area contributed by atoms with Gasteiger partial charge in [0.05, 0.1) is 11.7 Å². The Morgan fingerprint density at radius 3 is 2.90 bits per heavy atom. The molecule has 0 saturated carbocycles. The highest BCUT2D eigenvalue weighted by atomic mass is 31.0. The fourth-order valence-corrected chi connectivity index (χ4v) is 2.14. The molecule has 0 radical (unpaired) electrons. The molecular formula is C14H20N5OP. The third-order valence-corrected chi connectivity index (χ3v) is 3.54. The van der Waals surface area contributed by atoms with Crippen LogP contribution in [0.5, 0.6) is 0 Å². The van der Waals surface area contributed by atoms with Crippen molar-refractivity contribution < 1.29 is 4.74 Å². The molecule has 6 nitrogen and oxygen atoms in total. The van der Waals surface area contributed by atoms with Gasteiger partial charge in [-0.25, -0.2) is 9.98 Å². The molecule has 2 heterocycles. The van der Waals surface area contributed by atoms with Crippen LogP contribution in [0.1, 0.15) is 25.5 Å². The van der Waals surface area contributed by atoms with Gasteiger partial charge in [-0.15, -0.1) is 8.86 Å². The number of aromatic nitrogens is 2. The van der Waals surface area contributed by atoms with Crippen molar-refractivity contribution in [1.82, 2.24) is 9.55 Å². The average Bonchev–Trinajstić information content (AvgIpc) is 3.00. The van der Waals surface area contributed by atoms with E-state index in [1.54, 1.807) is 18.5 Å². The molecular weight excluding hydrogens is 285 g/mol. The largest absolute Gasteiger partial charge is 0.404 e. The number of nitrogens with two attached hydrogens (primary N) is 1. The number of allylic oxidation sites excluding steroid dienone is 1. The van der Waals surface area contributed by atoms with E-state index < -0.39 is 0 Å². The van der Waals surface area contributed by atoms with Crippen molar-refractivity contribution in [1.29, 1.82) is 0 Å². The Kier molecular flexibility index (Phi) is 5.84. The summed E-state index contributed by atoms with van der Waals surface area (Å²) >= 11 is 0. The summed E-state index contributed by atoms with van der Waals surface area (Å²) in [6.45, 7) is 3.44. The van der Waals surface area contributed by atoms with Crippen molar-refractivity contribution in [3.8, 4) is 0 Å². The number of hydrogen-bond acceptors (Lipinski definition) is 4. The van der Waals surface area contributed by atoms with E-state index >= 15 is 0 Å². The molecule has 0 amide bonds. The Hall–Kier alpha value is -1.78. The normalized spacial score (nSPS) is 18.3. The number of imidazole rings is 1. The Balaban J connectivity index is 2.17. The molecule has 2 rings (SSSR count). The van der Waals surface area contributed by atoms with Crippen LogP contribution >= 0.6 is 8.86 Å². The van der Waals surface area contributed by atoms with Gasteiger partial charge in [-0.05, 0) is 25.6 Å². The summed E-state index contributed by atoms with van der Waals surface area (Å²) < 4.78 is 7.13. The third-order valence-electron chi connectivity index (χ3n) is 3.25. The summed E-state index contributed by atoms with van der Waals surface area (Å²) in [6, 6.07) is 0.292. The second-order valence-corrected chi connectivity index (χ2v) is 5.05. The van der Waals surface area contributed by atoms with E-state index in [0.29, 0.717) is 11.9 Å². The maximum absolute atomic E-state index is 5.61. The lowest BCUT2D eigenvalue weighted by molar-refractivity contribution is 0.0872. The number of hydrogen-bond donors (Lipinski definition) is 1. The van der Waals surface area contributed by atoms with Crippen LogP contribution in [-0.4, -0.2) is 46.8 Å². The average molecular weight is 305 g/mol. The van der Waals surface area contributed by atoms with Crippen molar-refractivity contribution in [3.63, 3.8) is 0 Å². The number of ether oxygens (including phenoxy) is 1. The number of nitrogens with zero attached hydrogens (tertiary/aromatic N) is 4. The second kappa shape index (κ2) is 7.86. The van der Waals surface area contributed by atoms with E-state index in [1.807, 2.05) is 17.7 Å². The van der Waals surface area contributed by atoms with Crippen LogP contribution in [-0.2, 0) is 4.74 Å². The zero-order chi connectivity index (χ0) is 15.1. The van der Waals surface area contributed by atoms with Crippen LogP contribution in [0.4, 0.5) is 0 Å². The van der Waals surface area contributed by atoms with Crippen molar-refractivity contribution in [2.45, 2.75) is 25.8 Å². The summed E-state index contributed by atoms with van der Waals surface area (Å²) in [5.41, 5.74) is 7.27. The molecule has 0 unspecified atom stereocenters. The van der Waals surface area contributed by atoms with Crippen molar-refractivity contribution in [2.24, 2.45) is 15.7 Å². The van der Waals surface area contributed by atoms with Gasteiger partial charge >= 0.3 is 0 Å². The van der Waals surface area contributed by atoms with Gasteiger partial charge in [0, 0.05) is 31.2 Å². The lowest BCUT2D eigenvalue weighted by Crippen LogP contribution is -2.19. The Labute approximate surface area is 126 Å². The molecule has 1 saturated heterocycles. The molecule has 1 aromatic heterocycles. The molecule has 1 aliphatic rings. The minimum Gasteiger partial charge on any atom is -0.404 e. The Morgan fingerprint density at radius 2 is 2.29 bits per heavy atom. The van der Waals surface area contributed by atoms with Gasteiger partial charge in [0.25, 0.3) is 0 Å². The van der Waals surface area contributed by atoms with Gasteiger partial charge in [-0.1, -0.05) is 0 Å². The van der Waals surface area contributed by atoms with E-state index in [2.05, 4.69) is 23.8 Å². The number of aliphatic imine (C=N–C) groups is 2. The van der Waals surface area contributed by atoms with Crippen LogP contribution in [0.2, 0.25) is 0 Å². The van der Waals surface area contributed by atoms with E-state index in [9.17, 15) is 0 Å². The molecule has 21 heavy (non-hydrogen) atoms. The van der Waals surface area contributed by atoms with Gasteiger partial charge in [0.15, 0.2) is 0 Å². The van der Waals surface area contributed by atoms with E-state index in [0.717, 1.165) is 37.3 Å². The van der Waals surface area contributed by atoms with Gasteiger partial charge in [0.1, 0.15) is 18.5 Å². The summed E-state index contributed by atoms with van der Waals surface area (Å²) in [6.07, 6.45) is 8.58. The highest BCUT2D eigenvalue weighted by molar-refractivity contribution is 7.19. The highest BCUT2D eigenvalue weighted by Gasteiger charge is 2.11. The minimum atomic E-state index is 0.292. The molecule has 112 valence electrons. The first-order valence-corrected chi connectivity index (χ1v) is 7.43. The molecule has 0 atom stereocenters. The van der Waals surface area contributed by atoms with Crippen LogP contribution in [0.15, 0.2) is 34.3 Å². The first-order chi connectivity index (χ1) is 10.2. The van der Waals surface area contributed by atoms with Gasteiger partial charge in [0.2, 0.25) is 0 Å². The van der Waals surface area contributed by atoms with Crippen molar-refractivity contribution >= 4 is 26.8 Å². The maximum Gasteiger partial charge on any atom is 0.144 e. The van der Waals surface area contributed by atoms with Crippen molar-refractivity contribution in [2.75, 3.05) is 13.2 Å². The van der Waals surface area contributed by atoms with Gasteiger partial charge in [-0.2, -0.15) is 0 Å². The summed E-state index contributed by atoms with van der Waals surface area (Å²) in [4.78, 5) is 13.1. The predicted octanol–water partition coefficient (Wildman–Crippen LogP) is 1.49. The Bertz CT molecular complexity index is 570. The van der Waals surface area contributed by atoms with E-state index in [4.69, 9.17) is 10.5 Å². The Morgan fingerprint density at radius 1 is 1.52 bits per heavy atom. The third kappa shape index (κ3) is 4.34. The standard InChI is InChI=1S/C14H20N5OP/c1-11(6-15)14(19-7-13(8-21)18-10-19)17-9-16-12-2-4-20-5-3-12/h6-10,12,21H,2-5,15H2,1H3. The molecule has 1 aliphatic heterocycles. The zero-order valence-electron chi connectivity index (χ0n) is 12.1. The molecule has 1 aromatic rings. The minimum absolute atomic E-state index is 0.292. The topological polar surface area (TPSA) is 77.8 Å². The summed E-state index contributed by atoms with van der Waals surface area (Å²) in [7, 11) is 3.31.